The summed E-state index contributed by atoms with van der Waals surface area (Å²) in [6.07, 6.45) is 8.25. The predicted molar refractivity (Wildman–Crippen MR) is 83.5 cm³/mol. The van der Waals surface area contributed by atoms with Crippen LogP contribution in [0, 0.1) is 0 Å². The molecule has 0 amide bonds. The van der Waals surface area contributed by atoms with E-state index in [1.165, 1.54) is 18.2 Å². The molecule has 1 aromatic rings. The smallest absolute Gasteiger partial charge is 0.333 e. The molecule has 2 heteroatoms. The Bertz CT molecular complexity index is 469. The van der Waals surface area contributed by atoms with Crippen LogP contribution in [0.1, 0.15) is 38.7 Å². The summed E-state index contributed by atoms with van der Waals surface area (Å²) in [5.41, 5.74) is 3.43. The van der Waals surface area contributed by atoms with E-state index in [-0.39, 0.29) is 5.97 Å². The third-order valence-corrected chi connectivity index (χ3v) is 3.27. The molecule has 0 N–H and O–H groups in total. The highest BCUT2D eigenvalue weighted by Gasteiger charge is 2.01. The number of aryl methyl sites for hydroxylation is 1. The van der Waals surface area contributed by atoms with Gasteiger partial charge in [-0.15, -0.1) is 0 Å². The molecule has 2 nitrogen and oxygen atoms in total. The lowest BCUT2D eigenvalue weighted by atomic mass is 10.1. The van der Waals surface area contributed by atoms with Crippen LogP contribution in [0.25, 0.3) is 0 Å². The lowest BCUT2D eigenvalue weighted by Gasteiger charge is -2.01. The van der Waals surface area contributed by atoms with Gasteiger partial charge in [0, 0.05) is 5.57 Å². The van der Waals surface area contributed by atoms with E-state index < -0.39 is 0 Å². The van der Waals surface area contributed by atoms with Gasteiger partial charge in [0.15, 0.2) is 0 Å². The van der Waals surface area contributed by atoms with Crippen LogP contribution in [-0.2, 0) is 16.0 Å². The van der Waals surface area contributed by atoms with Crippen LogP contribution in [0.3, 0.4) is 0 Å². The third-order valence-electron chi connectivity index (χ3n) is 3.27. The summed E-state index contributed by atoms with van der Waals surface area (Å²) in [6.45, 7) is 3.94. The minimum absolute atomic E-state index is 0.240. The van der Waals surface area contributed by atoms with Gasteiger partial charge in [-0.05, 0) is 45.1 Å². The van der Waals surface area contributed by atoms with Crippen LogP contribution in [0.2, 0.25) is 0 Å². The Kier molecular flexibility index (Phi) is 7.41. The average Bonchev–Trinajstić information content (AvgIpc) is 2.47. The molecule has 0 atom stereocenters. The van der Waals surface area contributed by atoms with Crippen LogP contribution < -0.4 is 0 Å². The van der Waals surface area contributed by atoms with E-state index in [9.17, 15) is 4.79 Å². The first kappa shape index (κ1) is 16.2. The molecule has 0 heterocycles. The molecule has 0 aliphatic rings. The largest absolute Gasteiger partial charge is 0.466 e. The Morgan fingerprint density at radius 3 is 2.45 bits per heavy atom. The topological polar surface area (TPSA) is 26.3 Å². The summed E-state index contributed by atoms with van der Waals surface area (Å²) in [6, 6.07) is 10.5. The number of carbonyl (C=O) groups excluding carboxylic acids is 1. The maximum atomic E-state index is 11.2. The zero-order valence-electron chi connectivity index (χ0n) is 12.7. The lowest BCUT2D eigenvalue weighted by molar-refractivity contribution is -0.136. The normalized spacial score (nSPS) is 12.3. The van der Waals surface area contributed by atoms with E-state index in [1.807, 2.05) is 12.1 Å². The number of allylic oxidation sites excluding steroid dienone is 3. The lowest BCUT2D eigenvalue weighted by Crippen LogP contribution is -2.01. The number of benzene rings is 1. The molecule has 0 aliphatic carbocycles. The second-order valence-electron chi connectivity index (χ2n) is 4.99. The Balaban J connectivity index is 2.30. The number of carbonyl (C=O) groups is 1. The predicted octanol–water partition coefficient (Wildman–Crippen LogP) is 4.47. The van der Waals surface area contributed by atoms with E-state index in [4.69, 9.17) is 0 Å². The van der Waals surface area contributed by atoms with E-state index >= 15 is 0 Å². The molecule has 0 fully saturated rings. The fraction of sp³-hybridized carbons (Fsp3) is 0.389. The van der Waals surface area contributed by atoms with Gasteiger partial charge in [-0.3, -0.25) is 0 Å². The van der Waals surface area contributed by atoms with Gasteiger partial charge in [-0.1, -0.05) is 48.1 Å². The molecule has 0 saturated heterocycles. The zero-order valence-corrected chi connectivity index (χ0v) is 12.7. The van der Waals surface area contributed by atoms with Crippen molar-refractivity contribution in [2.45, 2.75) is 39.5 Å². The van der Waals surface area contributed by atoms with Crippen molar-refractivity contribution in [3.8, 4) is 0 Å². The van der Waals surface area contributed by atoms with E-state index in [0.29, 0.717) is 5.57 Å². The molecular weight excluding hydrogens is 248 g/mol. The van der Waals surface area contributed by atoms with Crippen molar-refractivity contribution in [2.75, 3.05) is 7.11 Å². The maximum Gasteiger partial charge on any atom is 0.333 e. The van der Waals surface area contributed by atoms with Crippen molar-refractivity contribution in [3.63, 3.8) is 0 Å². The fourth-order valence-electron chi connectivity index (χ4n) is 1.99. The zero-order chi connectivity index (χ0) is 14.8. The Hall–Kier alpha value is -1.83. The van der Waals surface area contributed by atoms with Crippen LogP contribution >= 0.6 is 0 Å². The van der Waals surface area contributed by atoms with E-state index in [1.54, 1.807) is 6.92 Å². The van der Waals surface area contributed by atoms with Crippen molar-refractivity contribution in [1.82, 2.24) is 0 Å². The number of methoxy groups -OCH3 is 1. The molecule has 0 saturated carbocycles. The Labute approximate surface area is 122 Å². The van der Waals surface area contributed by atoms with Gasteiger partial charge in [0.05, 0.1) is 7.11 Å². The first-order chi connectivity index (χ1) is 9.63. The Morgan fingerprint density at radius 1 is 1.10 bits per heavy atom. The molecule has 0 spiro atoms. The first-order valence-corrected chi connectivity index (χ1v) is 7.08. The monoisotopic (exact) mass is 272 g/mol. The van der Waals surface area contributed by atoms with Crippen LogP contribution in [0.5, 0.6) is 0 Å². The fourth-order valence-corrected chi connectivity index (χ4v) is 1.99. The van der Waals surface area contributed by atoms with Crippen LogP contribution in [-0.4, -0.2) is 13.1 Å². The SMILES string of the molecule is COC(=O)/C(C)=C/CCC(C)=CCCc1ccccc1. The van der Waals surface area contributed by atoms with Crippen LogP contribution in [0.4, 0.5) is 0 Å². The molecule has 0 aliphatic heterocycles. The van der Waals surface area contributed by atoms with Crippen molar-refractivity contribution < 1.29 is 9.53 Å². The average molecular weight is 272 g/mol. The van der Waals surface area contributed by atoms with E-state index in [2.05, 4.69) is 42.0 Å². The van der Waals surface area contributed by atoms with Crippen molar-refractivity contribution in [3.05, 3.63) is 59.2 Å². The second kappa shape index (κ2) is 9.13. The number of ether oxygens (including phenoxy) is 1. The van der Waals surface area contributed by atoms with Crippen molar-refractivity contribution >= 4 is 5.97 Å². The molecule has 0 radical (unpaired) electrons. The maximum absolute atomic E-state index is 11.2. The quantitative estimate of drug-likeness (QED) is 0.416. The van der Waals surface area contributed by atoms with Gasteiger partial charge in [-0.25, -0.2) is 4.79 Å². The second-order valence-corrected chi connectivity index (χ2v) is 4.99. The third kappa shape index (κ3) is 6.37. The summed E-state index contributed by atoms with van der Waals surface area (Å²) in [7, 11) is 1.41. The highest BCUT2D eigenvalue weighted by molar-refractivity contribution is 5.87. The first-order valence-electron chi connectivity index (χ1n) is 7.08. The highest BCUT2D eigenvalue weighted by Crippen LogP contribution is 2.10. The van der Waals surface area contributed by atoms with Gasteiger partial charge < -0.3 is 4.74 Å². The van der Waals surface area contributed by atoms with Gasteiger partial charge in [0.1, 0.15) is 0 Å². The molecule has 0 aromatic heterocycles. The summed E-state index contributed by atoms with van der Waals surface area (Å²) < 4.78 is 4.66. The minimum Gasteiger partial charge on any atom is -0.466 e. The summed E-state index contributed by atoms with van der Waals surface area (Å²) >= 11 is 0. The van der Waals surface area contributed by atoms with Crippen molar-refractivity contribution in [2.24, 2.45) is 0 Å². The standard InChI is InChI=1S/C18H24O2/c1-15(9-7-11-16(2)18(19)20-3)10-8-14-17-12-5-4-6-13-17/h4-6,10-13H,7-9,14H2,1-3H3/b15-10?,16-11+. The Morgan fingerprint density at radius 2 is 1.80 bits per heavy atom. The molecule has 0 unspecified atom stereocenters. The molecular formula is C18H24O2. The number of hydrogen-bond acceptors (Lipinski definition) is 2. The molecule has 108 valence electrons. The highest BCUT2D eigenvalue weighted by atomic mass is 16.5. The molecule has 1 rings (SSSR count). The summed E-state index contributed by atoms with van der Waals surface area (Å²) in [5.74, 6) is -0.240. The number of rotatable bonds is 7. The summed E-state index contributed by atoms with van der Waals surface area (Å²) in [5, 5.41) is 0. The van der Waals surface area contributed by atoms with Gasteiger partial charge in [0.2, 0.25) is 0 Å². The number of esters is 1. The molecule has 0 bridgehead atoms. The number of hydrogen-bond donors (Lipinski definition) is 0. The molecule has 1 aromatic carbocycles. The minimum atomic E-state index is -0.240. The van der Waals surface area contributed by atoms with Crippen LogP contribution in [0.15, 0.2) is 53.6 Å². The van der Waals surface area contributed by atoms with E-state index in [0.717, 1.165) is 25.7 Å². The van der Waals surface area contributed by atoms with Crippen molar-refractivity contribution in [1.29, 1.82) is 0 Å². The van der Waals surface area contributed by atoms with Gasteiger partial charge in [-0.2, -0.15) is 0 Å². The summed E-state index contributed by atoms with van der Waals surface area (Å²) in [4.78, 5) is 11.2. The van der Waals surface area contributed by atoms with Gasteiger partial charge in [0.25, 0.3) is 0 Å². The van der Waals surface area contributed by atoms with Gasteiger partial charge >= 0.3 is 5.97 Å². The molecule has 20 heavy (non-hydrogen) atoms.